The van der Waals surface area contributed by atoms with Gasteiger partial charge >= 0.3 is 0 Å². The van der Waals surface area contributed by atoms with Gasteiger partial charge in [-0.2, -0.15) is 0 Å². The predicted octanol–water partition coefficient (Wildman–Crippen LogP) is 11.3. The number of aliphatic hydroxyl groups is 4. The third-order valence-corrected chi connectivity index (χ3v) is 10.1. The zero-order valence-electron chi connectivity index (χ0n) is 33.6. The molecule has 51 heavy (non-hydrogen) atoms. The van der Waals surface area contributed by atoms with Gasteiger partial charge in [-0.25, -0.2) is 0 Å². The fourth-order valence-electron chi connectivity index (χ4n) is 6.62. The molecular formula is C45H85NO5. The van der Waals surface area contributed by atoms with Crippen molar-refractivity contribution in [2.75, 3.05) is 6.61 Å². The second-order valence-electron chi connectivity index (χ2n) is 15.0. The summed E-state index contributed by atoms with van der Waals surface area (Å²) >= 11 is 0. The maximum Gasteiger partial charge on any atom is 0.249 e. The molecular weight excluding hydrogens is 634 g/mol. The molecule has 6 heteroatoms. The van der Waals surface area contributed by atoms with E-state index in [-0.39, 0.29) is 0 Å². The summed E-state index contributed by atoms with van der Waals surface area (Å²) < 4.78 is 0. The van der Waals surface area contributed by atoms with Gasteiger partial charge in [-0.1, -0.05) is 192 Å². The molecule has 1 amide bonds. The van der Waals surface area contributed by atoms with Crippen LogP contribution in [0, 0.1) is 0 Å². The molecule has 0 aliphatic heterocycles. The Bertz CT molecular complexity index is 812. The monoisotopic (exact) mass is 720 g/mol. The summed E-state index contributed by atoms with van der Waals surface area (Å²) in [7, 11) is 0. The highest BCUT2D eigenvalue weighted by atomic mass is 16.3. The zero-order chi connectivity index (χ0) is 37.5. The molecule has 0 aliphatic rings. The molecule has 0 bridgehead atoms. The van der Waals surface area contributed by atoms with Gasteiger partial charge in [0.25, 0.3) is 0 Å². The first kappa shape index (κ1) is 49.5. The molecule has 6 nitrogen and oxygen atoms in total. The Labute approximate surface area is 316 Å². The molecule has 4 atom stereocenters. The molecule has 0 aromatic carbocycles. The maximum atomic E-state index is 12.5. The van der Waals surface area contributed by atoms with Crippen LogP contribution in [0.4, 0.5) is 0 Å². The van der Waals surface area contributed by atoms with Crippen LogP contribution in [0.15, 0.2) is 36.5 Å². The van der Waals surface area contributed by atoms with Crippen molar-refractivity contribution in [1.82, 2.24) is 5.32 Å². The van der Waals surface area contributed by atoms with Gasteiger partial charge in [0.1, 0.15) is 12.2 Å². The first-order valence-corrected chi connectivity index (χ1v) is 21.9. The SMILES string of the molecule is CC/C=C/CC/C=C/CC/C=C/CCCC(O)C(O)C(CO)NC(=O)C(O)CCCCCCCCCCCCCCCCCCCCCCCC. The van der Waals surface area contributed by atoms with Crippen molar-refractivity contribution >= 4 is 5.91 Å². The predicted molar refractivity (Wildman–Crippen MR) is 219 cm³/mol. The third kappa shape index (κ3) is 34.1. The van der Waals surface area contributed by atoms with Gasteiger partial charge in [-0.15, -0.1) is 0 Å². The van der Waals surface area contributed by atoms with Crippen molar-refractivity contribution in [3.63, 3.8) is 0 Å². The van der Waals surface area contributed by atoms with Crippen LogP contribution >= 0.6 is 0 Å². The van der Waals surface area contributed by atoms with E-state index in [1.807, 2.05) is 0 Å². The van der Waals surface area contributed by atoms with Crippen LogP contribution in [0.1, 0.15) is 213 Å². The van der Waals surface area contributed by atoms with E-state index in [1.54, 1.807) is 0 Å². The van der Waals surface area contributed by atoms with Crippen molar-refractivity contribution < 1.29 is 25.2 Å². The number of carbonyl (C=O) groups is 1. The standard InChI is InChI=1S/C45H85NO5/c1-3-5-7-9-11-13-15-17-18-19-20-21-22-23-24-25-27-29-31-33-35-37-39-43(49)45(51)46-41(40-47)44(50)42(48)38-36-34-32-30-28-26-16-14-12-10-8-6-4-2/h6,8,14,16,30,32,41-44,47-50H,3-5,7,9-13,15,17-29,31,33-40H2,1-2H3,(H,46,51)/b8-6+,16-14+,32-30+. The van der Waals surface area contributed by atoms with Crippen LogP contribution in [-0.2, 0) is 4.79 Å². The Hall–Kier alpha value is -1.47. The molecule has 4 unspecified atom stereocenters. The van der Waals surface area contributed by atoms with Crippen molar-refractivity contribution in [1.29, 1.82) is 0 Å². The van der Waals surface area contributed by atoms with Gasteiger partial charge in [0.05, 0.1) is 18.8 Å². The molecule has 0 radical (unpaired) electrons. The number of rotatable bonds is 39. The second kappa shape index (κ2) is 39.7. The quantitative estimate of drug-likeness (QED) is 0.0321. The fraction of sp³-hybridized carbons (Fsp3) is 0.844. The van der Waals surface area contributed by atoms with Crippen LogP contribution in [0.3, 0.4) is 0 Å². The minimum Gasteiger partial charge on any atom is -0.394 e. The smallest absolute Gasteiger partial charge is 0.249 e. The molecule has 0 aromatic rings. The van der Waals surface area contributed by atoms with Crippen LogP contribution in [0.5, 0.6) is 0 Å². The minimum atomic E-state index is -1.29. The van der Waals surface area contributed by atoms with E-state index in [9.17, 15) is 25.2 Å². The lowest BCUT2D eigenvalue weighted by molar-refractivity contribution is -0.132. The molecule has 300 valence electrons. The van der Waals surface area contributed by atoms with E-state index in [4.69, 9.17) is 0 Å². The number of hydrogen-bond donors (Lipinski definition) is 5. The number of unbranched alkanes of at least 4 members (excludes halogenated alkanes) is 24. The van der Waals surface area contributed by atoms with Crippen molar-refractivity contribution in [2.45, 2.75) is 237 Å². The lowest BCUT2D eigenvalue weighted by Gasteiger charge is -2.27. The summed E-state index contributed by atoms with van der Waals surface area (Å²) in [5.74, 6) is -0.599. The van der Waals surface area contributed by atoms with E-state index in [0.29, 0.717) is 19.3 Å². The molecule has 0 rings (SSSR count). The number of nitrogens with one attached hydrogen (secondary N) is 1. The van der Waals surface area contributed by atoms with Crippen LogP contribution in [-0.4, -0.2) is 57.3 Å². The van der Waals surface area contributed by atoms with Crippen LogP contribution in [0.2, 0.25) is 0 Å². The summed E-state index contributed by atoms with van der Waals surface area (Å²) in [6.07, 6.45) is 46.1. The fourth-order valence-corrected chi connectivity index (χ4v) is 6.62. The molecule has 0 saturated carbocycles. The molecule has 0 saturated heterocycles. The van der Waals surface area contributed by atoms with E-state index in [2.05, 4.69) is 55.6 Å². The number of carbonyl (C=O) groups excluding carboxylic acids is 1. The number of amides is 1. The molecule has 0 spiro atoms. The summed E-state index contributed by atoms with van der Waals surface area (Å²) in [4.78, 5) is 12.5. The molecule has 0 heterocycles. The molecule has 5 N–H and O–H groups in total. The van der Waals surface area contributed by atoms with Gasteiger partial charge in [0.15, 0.2) is 0 Å². The number of aliphatic hydroxyl groups excluding tert-OH is 4. The lowest BCUT2D eigenvalue weighted by atomic mass is 10.00. The van der Waals surface area contributed by atoms with Crippen LogP contribution < -0.4 is 5.32 Å². The summed E-state index contributed by atoms with van der Waals surface area (Å²) in [5.41, 5.74) is 0. The van der Waals surface area contributed by atoms with Crippen molar-refractivity contribution in [3.05, 3.63) is 36.5 Å². The first-order valence-electron chi connectivity index (χ1n) is 21.9. The topological polar surface area (TPSA) is 110 Å². The molecule has 0 aliphatic carbocycles. The normalized spacial score (nSPS) is 14.5. The second-order valence-corrected chi connectivity index (χ2v) is 15.0. The summed E-state index contributed by atoms with van der Waals surface area (Å²) in [6.45, 7) is 3.92. The van der Waals surface area contributed by atoms with Gasteiger partial charge in [-0.05, 0) is 57.8 Å². The Kier molecular flexibility index (Phi) is 38.6. The molecule has 0 aromatic heterocycles. The highest BCUT2D eigenvalue weighted by Crippen LogP contribution is 2.16. The van der Waals surface area contributed by atoms with Crippen molar-refractivity contribution in [2.24, 2.45) is 0 Å². The average Bonchev–Trinajstić information content (AvgIpc) is 3.13. The van der Waals surface area contributed by atoms with E-state index in [1.165, 1.54) is 122 Å². The van der Waals surface area contributed by atoms with Crippen LogP contribution in [0.25, 0.3) is 0 Å². The summed E-state index contributed by atoms with van der Waals surface area (Å²) in [5, 5.41) is 43.6. The van der Waals surface area contributed by atoms with E-state index >= 15 is 0 Å². The van der Waals surface area contributed by atoms with E-state index in [0.717, 1.165) is 57.8 Å². The van der Waals surface area contributed by atoms with E-state index < -0.39 is 36.9 Å². The maximum absolute atomic E-state index is 12.5. The highest BCUT2D eigenvalue weighted by Gasteiger charge is 2.28. The number of allylic oxidation sites excluding steroid dienone is 6. The Balaban J connectivity index is 3.73. The number of hydrogen-bond acceptors (Lipinski definition) is 5. The van der Waals surface area contributed by atoms with Gasteiger partial charge in [0, 0.05) is 0 Å². The van der Waals surface area contributed by atoms with Gasteiger partial charge in [-0.3, -0.25) is 4.79 Å². The zero-order valence-corrected chi connectivity index (χ0v) is 33.6. The Morgan fingerprint density at radius 3 is 1.25 bits per heavy atom. The Morgan fingerprint density at radius 1 is 0.490 bits per heavy atom. The first-order chi connectivity index (χ1) is 25.0. The third-order valence-electron chi connectivity index (χ3n) is 10.1. The largest absolute Gasteiger partial charge is 0.394 e. The van der Waals surface area contributed by atoms with Gasteiger partial charge < -0.3 is 25.7 Å². The Morgan fingerprint density at radius 2 is 0.863 bits per heavy atom. The minimum absolute atomic E-state index is 0.361. The summed E-state index contributed by atoms with van der Waals surface area (Å²) in [6, 6.07) is -1.01. The van der Waals surface area contributed by atoms with Gasteiger partial charge in [0.2, 0.25) is 5.91 Å². The highest BCUT2D eigenvalue weighted by molar-refractivity contribution is 5.80. The lowest BCUT2D eigenvalue weighted by Crippen LogP contribution is -2.53. The van der Waals surface area contributed by atoms with Crippen molar-refractivity contribution in [3.8, 4) is 0 Å². The average molecular weight is 720 g/mol. The molecule has 0 fully saturated rings.